The number of carboxylic acids is 1. The van der Waals surface area contributed by atoms with E-state index in [2.05, 4.69) is 0 Å². The summed E-state index contributed by atoms with van der Waals surface area (Å²) in [5.41, 5.74) is 1.18. The third kappa shape index (κ3) is 3.19. The molecule has 1 aliphatic heterocycles. The van der Waals surface area contributed by atoms with Gasteiger partial charge in [0.15, 0.2) is 0 Å². The Labute approximate surface area is 78.4 Å². The lowest BCUT2D eigenvalue weighted by molar-refractivity contribution is -0.146. The summed E-state index contributed by atoms with van der Waals surface area (Å²) in [5.74, 6) is -0.926. The minimum atomic E-state index is -0.699. The highest BCUT2D eigenvalue weighted by Gasteiger charge is 2.26. The Bertz CT molecular complexity index is 216. The van der Waals surface area contributed by atoms with E-state index < -0.39 is 5.97 Å². The normalized spacial score (nSPS) is 28.2. The van der Waals surface area contributed by atoms with Crippen LogP contribution in [0.5, 0.6) is 0 Å². The van der Waals surface area contributed by atoms with Gasteiger partial charge in [-0.25, -0.2) is 0 Å². The fourth-order valence-electron chi connectivity index (χ4n) is 1.54. The molecule has 0 bridgehead atoms. The second-order valence-electron chi connectivity index (χ2n) is 3.71. The van der Waals surface area contributed by atoms with E-state index in [1.54, 1.807) is 0 Å². The van der Waals surface area contributed by atoms with Crippen molar-refractivity contribution in [3.63, 3.8) is 0 Å². The number of rotatable bonds is 2. The number of hydrogen-bond acceptors (Lipinski definition) is 2. The summed E-state index contributed by atoms with van der Waals surface area (Å²) in [7, 11) is 0. The Kier molecular flexibility index (Phi) is 3.48. The van der Waals surface area contributed by atoms with Gasteiger partial charge in [-0.3, -0.25) is 4.79 Å². The Balaban J connectivity index is 2.51. The van der Waals surface area contributed by atoms with Crippen molar-refractivity contribution in [2.24, 2.45) is 5.92 Å². The summed E-state index contributed by atoms with van der Waals surface area (Å²) in [6.07, 6.45) is 3.25. The Morgan fingerprint density at radius 3 is 2.77 bits per heavy atom. The zero-order valence-electron chi connectivity index (χ0n) is 8.12. The van der Waals surface area contributed by atoms with Crippen molar-refractivity contribution in [3.8, 4) is 0 Å². The summed E-state index contributed by atoms with van der Waals surface area (Å²) >= 11 is 0. The van der Waals surface area contributed by atoms with E-state index in [1.807, 2.05) is 19.9 Å². The molecule has 0 unspecified atom stereocenters. The van der Waals surface area contributed by atoms with Crippen molar-refractivity contribution in [3.05, 3.63) is 11.6 Å². The molecule has 1 rings (SSSR count). The van der Waals surface area contributed by atoms with Gasteiger partial charge in [-0.2, -0.15) is 0 Å². The number of carboxylic acid groups (broad SMARTS) is 1. The first-order valence-electron chi connectivity index (χ1n) is 4.59. The zero-order valence-corrected chi connectivity index (χ0v) is 8.12. The molecule has 0 saturated carbocycles. The molecule has 0 amide bonds. The van der Waals surface area contributed by atoms with E-state index in [1.165, 1.54) is 5.57 Å². The molecule has 0 aromatic heterocycles. The van der Waals surface area contributed by atoms with Crippen LogP contribution >= 0.6 is 0 Å². The molecule has 2 atom stereocenters. The third-order valence-corrected chi connectivity index (χ3v) is 2.18. The first kappa shape index (κ1) is 10.3. The van der Waals surface area contributed by atoms with Crippen LogP contribution in [-0.4, -0.2) is 23.8 Å². The zero-order chi connectivity index (χ0) is 9.84. The molecule has 0 radical (unpaired) electrons. The standard InChI is InChI=1S/C10H16O3/c1-7(2)5-9-6-8(10(11)12)3-4-13-9/h5,8-9H,3-4,6H2,1-2H3,(H,11,12)/t8-,9-/m1/s1. The van der Waals surface area contributed by atoms with Crippen LogP contribution in [0, 0.1) is 5.92 Å². The highest BCUT2D eigenvalue weighted by molar-refractivity contribution is 5.70. The van der Waals surface area contributed by atoms with Crippen LogP contribution < -0.4 is 0 Å². The van der Waals surface area contributed by atoms with Crippen LogP contribution in [0.25, 0.3) is 0 Å². The van der Waals surface area contributed by atoms with Gasteiger partial charge in [0, 0.05) is 6.61 Å². The molecule has 0 spiro atoms. The lowest BCUT2D eigenvalue weighted by atomic mass is 9.95. The highest BCUT2D eigenvalue weighted by atomic mass is 16.5. The van der Waals surface area contributed by atoms with E-state index in [9.17, 15) is 4.79 Å². The molecule has 3 nitrogen and oxygen atoms in total. The minimum absolute atomic E-state index is 0.000139. The van der Waals surface area contributed by atoms with Crippen molar-refractivity contribution in [2.45, 2.75) is 32.8 Å². The van der Waals surface area contributed by atoms with Crippen LogP contribution in [-0.2, 0) is 9.53 Å². The molecule has 1 saturated heterocycles. The van der Waals surface area contributed by atoms with Gasteiger partial charge >= 0.3 is 5.97 Å². The van der Waals surface area contributed by atoms with E-state index in [-0.39, 0.29) is 12.0 Å². The number of carbonyl (C=O) groups is 1. The molecule has 74 valence electrons. The van der Waals surface area contributed by atoms with Crippen molar-refractivity contribution in [1.29, 1.82) is 0 Å². The van der Waals surface area contributed by atoms with Gasteiger partial charge in [-0.1, -0.05) is 11.6 Å². The Morgan fingerprint density at radius 1 is 1.54 bits per heavy atom. The molecular formula is C10H16O3. The van der Waals surface area contributed by atoms with Gasteiger partial charge in [0.1, 0.15) is 0 Å². The largest absolute Gasteiger partial charge is 0.481 e. The second-order valence-corrected chi connectivity index (χ2v) is 3.71. The molecule has 0 aromatic rings. The van der Waals surface area contributed by atoms with Gasteiger partial charge in [0.25, 0.3) is 0 Å². The molecule has 3 heteroatoms. The number of aliphatic carboxylic acids is 1. The topological polar surface area (TPSA) is 46.5 Å². The minimum Gasteiger partial charge on any atom is -0.481 e. The predicted octanol–water partition coefficient (Wildman–Crippen LogP) is 1.83. The molecular weight excluding hydrogens is 168 g/mol. The van der Waals surface area contributed by atoms with Crippen molar-refractivity contribution in [1.82, 2.24) is 0 Å². The van der Waals surface area contributed by atoms with E-state index in [0.29, 0.717) is 19.4 Å². The molecule has 1 aliphatic rings. The van der Waals surface area contributed by atoms with E-state index in [4.69, 9.17) is 9.84 Å². The maximum Gasteiger partial charge on any atom is 0.306 e. The van der Waals surface area contributed by atoms with Crippen LogP contribution in [0.2, 0.25) is 0 Å². The molecule has 1 fully saturated rings. The quantitative estimate of drug-likeness (QED) is 0.666. The van der Waals surface area contributed by atoms with Gasteiger partial charge in [-0.05, 0) is 26.7 Å². The van der Waals surface area contributed by atoms with Crippen LogP contribution in [0.15, 0.2) is 11.6 Å². The van der Waals surface area contributed by atoms with Crippen LogP contribution in [0.1, 0.15) is 26.7 Å². The molecule has 1 heterocycles. The number of allylic oxidation sites excluding steroid dienone is 1. The highest BCUT2D eigenvalue weighted by Crippen LogP contribution is 2.21. The third-order valence-electron chi connectivity index (χ3n) is 2.18. The van der Waals surface area contributed by atoms with Gasteiger partial charge < -0.3 is 9.84 Å². The van der Waals surface area contributed by atoms with Gasteiger partial charge in [0.05, 0.1) is 12.0 Å². The summed E-state index contributed by atoms with van der Waals surface area (Å²) in [6, 6.07) is 0. The van der Waals surface area contributed by atoms with Crippen molar-refractivity contribution in [2.75, 3.05) is 6.61 Å². The lowest BCUT2D eigenvalue weighted by Crippen LogP contribution is -2.29. The van der Waals surface area contributed by atoms with E-state index in [0.717, 1.165) is 0 Å². The Hall–Kier alpha value is -0.830. The Morgan fingerprint density at radius 2 is 2.23 bits per heavy atom. The predicted molar refractivity (Wildman–Crippen MR) is 49.5 cm³/mol. The first-order valence-corrected chi connectivity index (χ1v) is 4.59. The molecule has 0 aromatic carbocycles. The maximum atomic E-state index is 10.7. The van der Waals surface area contributed by atoms with E-state index >= 15 is 0 Å². The number of ether oxygens (including phenoxy) is 1. The van der Waals surface area contributed by atoms with Gasteiger partial charge in [0.2, 0.25) is 0 Å². The molecule has 13 heavy (non-hydrogen) atoms. The van der Waals surface area contributed by atoms with Crippen molar-refractivity contribution >= 4 is 5.97 Å². The molecule has 0 aliphatic carbocycles. The SMILES string of the molecule is CC(C)=C[C@@H]1C[C@H](C(=O)O)CCO1. The maximum absolute atomic E-state index is 10.7. The van der Waals surface area contributed by atoms with Crippen LogP contribution in [0.3, 0.4) is 0 Å². The van der Waals surface area contributed by atoms with Crippen molar-refractivity contribution < 1.29 is 14.6 Å². The van der Waals surface area contributed by atoms with Crippen LogP contribution in [0.4, 0.5) is 0 Å². The summed E-state index contributed by atoms with van der Waals surface area (Å²) in [6.45, 7) is 4.55. The summed E-state index contributed by atoms with van der Waals surface area (Å²) in [5, 5.41) is 8.81. The smallest absolute Gasteiger partial charge is 0.306 e. The average molecular weight is 184 g/mol. The number of hydrogen-bond donors (Lipinski definition) is 1. The summed E-state index contributed by atoms with van der Waals surface area (Å²) < 4.78 is 5.43. The fraction of sp³-hybridized carbons (Fsp3) is 0.700. The lowest BCUT2D eigenvalue weighted by Gasteiger charge is -2.25. The first-order chi connectivity index (χ1) is 6.09. The monoisotopic (exact) mass is 184 g/mol. The second kappa shape index (κ2) is 4.42. The fourth-order valence-corrected chi connectivity index (χ4v) is 1.54. The average Bonchev–Trinajstić information content (AvgIpc) is 2.03. The molecule has 1 N–H and O–H groups in total. The summed E-state index contributed by atoms with van der Waals surface area (Å²) in [4.78, 5) is 10.7. The van der Waals surface area contributed by atoms with Gasteiger partial charge in [-0.15, -0.1) is 0 Å².